The molecule has 2 aliphatic heterocycles. The number of imide groups is 2. The zero-order chi connectivity index (χ0) is 14.0. The zero-order valence-electron chi connectivity index (χ0n) is 11.1. The van der Waals surface area contributed by atoms with E-state index in [1.807, 2.05) is 6.92 Å². The van der Waals surface area contributed by atoms with Crippen LogP contribution in [0.4, 0.5) is 0 Å². The van der Waals surface area contributed by atoms with Crippen molar-refractivity contribution in [2.75, 3.05) is 0 Å². The molecule has 2 saturated heterocycles. The smallest absolute Gasteiger partial charge is 0.231 e. The predicted molar refractivity (Wildman–Crippen MR) is 65.5 cm³/mol. The molecule has 19 heavy (non-hydrogen) atoms. The molecule has 0 atom stereocenters. The Bertz CT molecular complexity index is 364. The van der Waals surface area contributed by atoms with E-state index >= 15 is 0 Å². The molecule has 2 heterocycles. The van der Waals surface area contributed by atoms with Crippen LogP contribution in [0.3, 0.4) is 0 Å². The van der Waals surface area contributed by atoms with Crippen molar-refractivity contribution in [1.29, 1.82) is 0 Å². The van der Waals surface area contributed by atoms with Gasteiger partial charge < -0.3 is 0 Å². The Hall–Kier alpha value is -1.72. The van der Waals surface area contributed by atoms with Crippen LogP contribution in [0.25, 0.3) is 0 Å². The Morgan fingerprint density at radius 3 is 1.53 bits per heavy atom. The Labute approximate surface area is 111 Å². The maximum Gasteiger partial charge on any atom is 0.231 e. The molecule has 6 nitrogen and oxygen atoms in total. The first-order valence-corrected chi connectivity index (χ1v) is 6.76. The summed E-state index contributed by atoms with van der Waals surface area (Å²) in [5.74, 6) is -1.12. The highest BCUT2D eigenvalue weighted by molar-refractivity contribution is 6.06. The van der Waals surface area contributed by atoms with Gasteiger partial charge >= 0.3 is 0 Å². The van der Waals surface area contributed by atoms with Gasteiger partial charge in [-0.15, -0.1) is 0 Å². The number of carbonyl (C=O) groups excluding carboxylic acids is 4. The molecule has 0 spiro atoms. The summed E-state index contributed by atoms with van der Waals surface area (Å²) in [5.41, 5.74) is 0. The number of rotatable bonds is 5. The fraction of sp³-hybridized carbons (Fsp3) is 0.692. The Kier molecular flexibility index (Phi) is 3.97. The van der Waals surface area contributed by atoms with Crippen LogP contribution in [-0.4, -0.2) is 39.6 Å². The first-order chi connectivity index (χ1) is 9.06. The highest BCUT2D eigenvalue weighted by atomic mass is 16.2. The number of amides is 4. The third-order valence-corrected chi connectivity index (χ3v) is 3.59. The molecule has 0 bridgehead atoms. The van der Waals surface area contributed by atoms with E-state index in [0.29, 0.717) is 6.42 Å². The van der Waals surface area contributed by atoms with Crippen molar-refractivity contribution < 1.29 is 19.2 Å². The van der Waals surface area contributed by atoms with Gasteiger partial charge in [0.2, 0.25) is 23.6 Å². The Morgan fingerprint density at radius 2 is 1.21 bits per heavy atom. The molecule has 0 radical (unpaired) electrons. The molecule has 4 amide bonds. The molecular formula is C13H18N2O4. The second kappa shape index (κ2) is 5.50. The molecule has 0 unspecified atom stereocenters. The van der Waals surface area contributed by atoms with Crippen LogP contribution in [0.15, 0.2) is 0 Å². The van der Waals surface area contributed by atoms with Crippen molar-refractivity contribution in [3.63, 3.8) is 0 Å². The van der Waals surface area contributed by atoms with Gasteiger partial charge in [-0.25, -0.2) is 0 Å². The van der Waals surface area contributed by atoms with Gasteiger partial charge in [-0.1, -0.05) is 13.3 Å². The van der Waals surface area contributed by atoms with Crippen LogP contribution in [0.5, 0.6) is 0 Å². The lowest BCUT2D eigenvalue weighted by molar-refractivity contribution is -0.154. The fourth-order valence-corrected chi connectivity index (χ4v) is 2.61. The summed E-state index contributed by atoms with van der Waals surface area (Å²) < 4.78 is 0. The summed E-state index contributed by atoms with van der Waals surface area (Å²) in [6.45, 7) is 1.98. The van der Waals surface area contributed by atoms with Crippen molar-refractivity contribution in [3.05, 3.63) is 0 Å². The summed E-state index contributed by atoms with van der Waals surface area (Å²) in [5, 5.41) is 0. The van der Waals surface area contributed by atoms with Crippen molar-refractivity contribution in [2.45, 2.75) is 58.0 Å². The molecule has 2 aliphatic rings. The van der Waals surface area contributed by atoms with E-state index in [1.54, 1.807) is 0 Å². The summed E-state index contributed by atoms with van der Waals surface area (Å²) in [6.07, 6.45) is 2.13. The lowest BCUT2D eigenvalue weighted by Gasteiger charge is -2.32. The topological polar surface area (TPSA) is 74.8 Å². The second-order valence-electron chi connectivity index (χ2n) is 4.94. The van der Waals surface area contributed by atoms with Crippen LogP contribution in [-0.2, 0) is 19.2 Å². The van der Waals surface area contributed by atoms with Crippen LogP contribution >= 0.6 is 0 Å². The van der Waals surface area contributed by atoms with Gasteiger partial charge in [-0.3, -0.25) is 29.0 Å². The quantitative estimate of drug-likeness (QED) is 0.690. The lowest BCUT2D eigenvalue weighted by Crippen LogP contribution is -2.52. The van der Waals surface area contributed by atoms with Crippen LogP contribution in [0.1, 0.15) is 51.9 Å². The number of likely N-dealkylation sites (tertiary alicyclic amines) is 2. The maximum absolute atomic E-state index is 11.8. The minimum atomic E-state index is -0.704. The average Bonchev–Trinajstić information content (AvgIpc) is 2.87. The maximum atomic E-state index is 11.8. The summed E-state index contributed by atoms with van der Waals surface area (Å²) in [6, 6.07) is 0. The first-order valence-electron chi connectivity index (χ1n) is 6.76. The van der Waals surface area contributed by atoms with Gasteiger partial charge in [0, 0.05) is 25.7 Å². The standard InChI is InChI=1S/C13H18N2O4/c1-2-3-4-9(14-10(16)5-6-11(14)17)15-12(18)7-8-13(15)19/h9H,2-8H2,1H3. The van der Waals surface area contributed by atoms with Gasteiger partial charge in [0.25, 0.3) is 0 Å². The number of hydrogen-bond acceptors (Lipinski definition) is 4. The minimum Gasteiger partial charge on any atom is -0.274 e. The molecular weight excluding hydrogens is 248 g/mol. The number of hydrogen-bond donors (Lipinski definition) is 0. The number of unbranched alkanes of at least 4 members (excludes halogenated alkanes) is 1. The van der Waals surface area contributed by atoms with E-state index in [2.05, 4.69) is 0 Å². The molecule has 0 aromatic heterocycles. The third kappa shape index (κ3) is 2.52. The van der Waals surface area contributed by atoms with Crippen LogP contribution in [0.2, 0.25) is 0 Å². The first kappa shape index (κ1) is 13.7. The lowest BCUT2D eigenvalue weighted by atomic mass is 10.2. The highest BCUT2D eigenvalue weighted by Crippen LogP contribution is 2.26. The van der Waals surface area contributed by atoms with E-state index < -0.39 is 6.17 Å². The van der Waals surface area contributed by atoms with Gasteiger partial charge in [0.15, 0.2) is 0 Å². The zero-order valence-corrected chi connectivity index (χ0v) is 11.1. The van der Waals surface area contributed by atoms with Crippen LogP contribution < -0.4 is 0 Å². The molecule has 0 aromatic carbocycles. The Morgan fingerprint density at radius 1 is 0.842 bits per heavy atom. The van der Waals surface area contributed by atoms with Gasteiger partial charge in [0.1, 0.15) is 6.17 Å². The molecule has 0 aromatic rings. The van der Waals surface area contributed by atoms with Gasteiger partial charge in [0.05, 0.1) is 0 Å². The summed E-state index contributed by atoms with van der Waals surface area (Å²) in [7, 11) is 0. The Balaban J connectivity index is 2.24. The predicted octanol–water partition coefficient (Wildman–Crippen LogP) is 0.801. The van der Waals surface area contributed by atoms with E-state index in [4.69, 9.17) is 0 Å². The molecule has 0 aliphatic carbocycles. The number of nitrogens with zero attached hydrogens (tertiary/aromatic N) is 2. The largest absolute Gasteiger partial charge is 0.274 e. The molecule has 2 fully saturated rings. The highest BCUT2D eigenvalue weighted by Gasteiger charge is 2.43. The average molecular weight is 266 g/mol. The monoisotopic (exact) mass is 266 g/mol. The van der Waals surface area contributed by atoms with E-state index in [1.165, 1.54) is 0 Å². The molecule has 0 saturated carbocycles. The molecule has 6 heteroatoms. The third-order valence-electron chi connectivity index (χ3n) is 3.59. The van der Waals surface area contributed by atoms with E-state index in [9.17, 15) is 19.2 Å². The molecule has 0 N–H and O–H groups in total. The second-order valence-corrected chi connectivity index (χ2v) is 4.94. The van der Waals surface area contributed by atoms with E-state index in [0.717, 1.165) is 22.6 Å². The van der Waals surface area contributed by atoms with E-state index in [-0.39, 0.29) is 49.3 Å². The van der Waals surface area contributed by atoms with Crippen molar-refractivity contribution >= 4 is 23.6 Å². The SMILES string of the molecule is CCCCC(N1C(=O)CCC1=O)N1C(=O)CCC1=O. The number of carbonyl (C=O) groups is 4. The molecule has 2 rings (SSSR count). The van der Waals surface area contributed by atoms with Crippen molar-refractivity contribution in [2.24, 2.45) is 0 Å². The summed E-state index contributed by atoms with van der Waals surface area (Å²) >= 11 is 0. The van der Waals surface area contributed by atoms with Crippen LogP contribution in [0, 0.1) is 0 Å². The minimum absolute atomic E-state index is 0.178. The normalized spacial score (nSPS) is 20.3. The van der Waals surface area contributed by atoms with Crippen molar-refractivity contribution in [1.82, 2.24) is 9.80 Å². The van der Waals surface area contributed by atoms with Crippen molar-refractivity contribution in [3.8, 4) is 0 Å². The fourth-order valence-electron chi connectivity index (χ4n) is 2.61. The van der Waals surface area contributed by atoms with Gasteiger partial charge in [-0.2, -0.15) is 0 Å². The summed E-state index contributed by atoms with van der Waals surface area (Å²) in [4.78, 5) is 49.5. The molecule has 104 valence electrons. The van der Waals surface area contributed by atoms with Gasteiger partial charge in [-0.05, 0) is 12.8 Å².